The maximum absolute atomic E-state index is 4.17. The lowest BCUT2D eigenvalue weighted by Crippen LogP contribution is -2.83. The van der Waals surface area contributed by atoms with Crippen molar-refractivity contribution in [3.8, 4) is 0 Å². The molecule has 0 unspecified atom stereocenters. The maximum atomic E-state index is 4.17. The highest BCUT2D eigenvalue weighted by molar-refractivity contribution is 5.74. The maximum Gasteiger partial charge on any atom is 0.175 e. The minimum atomic E-state index is 0.689. The van der Waals surface area contributed by atoms with Gasteiger partial charge in [0.25, 0.3) is 0 Å². The first kappa shape index (κ1) is 12.0. The molecule has 2 heterocycles. The van der Waals surface area contributed by atoms with Gasteiger partial charge in [-0.1, -0.05) is 34.7 Å². The highest BCUT2D eigenvalue weighted by Crippen LogP contribution is 2.09. The molecule has 0 aliphatic rings. The van der Waals surface area contributed by atoms with Crippen LogP contribution in [0.2, 0.25) is 0 Å². The Morgan fingerprint density at radius 3 is 1.71 bits per heavy atom. The molecule has 0 radical (unpaired) electrons. The number of hydrogen-bond donors (Lipinski definition) is 1. The summed E-state index contributed by atoms with van der Waals surface area (Å²) in [5.74, 6) is 0. The van der Waals surface area contributed by atoms with E-state index in [0.717, 1.165) is 22.1 Å². The average molecular weight is 280 g/mol. The molecule has 21 heavy (non-hydrogen) atoms. The van der Waals surface area contributed by atoms with Crippen LogP contribution in [-0.4, -0.2) is 30.0 Å². The molecule has 2 aromatic heterocycles. The number of nitrogens with zero attached hydrogens (tertiary/aromatic N) is 6. The predicted molar refractivity (Wildman–Crippen MR) is 77.0 cm³/mol. The van der Waals surface area contributed by atoms with Crippen LogP contribution >= 0.6 is 0 Å². The van der Waals surface area contributed by atoms with E-state index in [2.05, 4.69) is 25.9 Å². The standard InChI is InChI=1S/C14H13N7/c1-3-7-13-11(5-1)16-18-20(13)9-15-10-21-14-8-4-2-6-12(14)17-19-21/h1-8,15H,9-10H2/p+1. The number of para-hydroxylation sites is 2. The Labute approximate surface area is 120 Å². The summed E-state index contributed by atoms with van der Waals surface area (Å²) in [5, 5.41) is 18.7. The van der Waals surface area contributed by atoms with Crippen LogP contribution in [0.3, 0.4) is 0 Å². The fraction of sp³-hybridized carbons (Fsp3) is 0.143. The van der Waals surface area contributed by atoms with E-state index < -0.39 is 0 Å². The molecule has 0 saturated heterocycles. The van der Waals surface area contributed by atoms with Gasteiger partial charge in [-0.15, -0.1) is 10.2 Å². The normalized spacial score (nSPS) is 11.4. The Morgan fingerprint density at radius 1 is 0.714 bits per heavy atom. The Morgan fingerprint density at radius 2 is 1.19 bits per heavy atom. The van der Waals surface area contributed by atoms with Gasteiger partial charge < -0.3 is 5.32 Å². The van der Waals surface area contributed by atoms with Gasteiger partial charge in [-0.05, 0) is 24.3 Å². The lowest BCUT2D eigenvalue weighted by molar-refractivity contribution is -0.712. The molecule has 4 aromatic rings. The summed E-state index contributed by atoms with van der Waals surface area (Å²) in [5.41, 5.74) is 3.91. The first-order valence-corrected chi connectivity index (χ1v) is 6.80. The zero-order chi connectivity index (χ0) is 14.1. The monoisotopic (exact) mass is 280 g/mol. The lowest BCUT2D eigenvalue weighted by atomic mass is 10.3. The van der Waals surface area contributed by atoms with E-state index in [1.54, 1.807) is 0 Å². The second-order valence-electron chi connectivity index (χ2n) is 4.81. The average Bonchev–Trinajstić information content (AvgIpc) is 3.13. The molecule has 0 atom stereocenters. The molecule has 0 aliphatic heterocycles. The van der Waals surface area contributed by atoms with Crippen LogP contribution in [0.5, 0.6) is 0 Å². The summed E-state index contributed by atoms with van der Waals surface area (Å²) in [7, 11) is 0. The molecule has 7 nitrogen and oxygen atoms in total. The quantitative estimate of drug-likeness (QED) is 0.585. The first-order chi connectivity index (χ1) is 10.4. The van der Waals surface area contributed by atoms with Gasteiger partial charge in [-0.3, -0.25) is 0 Å². The molecule has 2 N–H and O–H groups in total. The van der Waals surface area contributed by atoms with Gasteiger partial charge in [-0.2, -0.15) is 9.36 Å². The van der Waals surface area contributed by atoms with Crippen LogP contribution in [0, 0.1) is 0 Å². The van der Waals surface area contributed by atoms with Crippen molar-refractivity contribution in [1.82, 2.24) is 30.0 Å². The van der Waals surface area contributed by atoms with Gasteiger partial charge in [0.2, 0.25) is 0 Å². The second kappa shape index (κ2) is 4.95. The van der Waals surface area contributed by atoms with Gasteiger partial charge >= 0.3 is 0 Å². The van der Waals surface area contributed by atoms with Crippen LogP contribution in [0.15, 0.2) is 48.5 Å². The SMILES string of the molecule is c1ccc2c(c1)nnn2C[NH2+]Cn1nnc2ccccc21. The van der Waals surface area contributed by atoms with E-state index in [0.29, 0.717) is 13.3 Å². The number of nitrogens with two attached hydrogens (primary N) is 1. The van der Waals surface area contributed by atoms with Crippen molar-refractivity contribution in [2.24, 2.45) is 0 Å². The molecule has 0 bridgehead atoms. The Kier molecular flexibility index (Phi) is 2.82. The summed E-state index contributed by atoms with van der Waals surface area (Å²) >= 11 is 0. The fourth-order valence-electron chi connectivity index (χ4n) is 2.41. The van der Waals surface area contributed by atoms with Crippen molar-refractivity contribution >= 4 is 22.1 Å². The Bertz CT molecular complexity index is 818. The Hall–Kier alpha value is -2.80. The molecule has 0 saturated carbocycles. The van der Waals surface area contributed by atoms with Crippen LogP contribution in [0.4, 0.5) is 0 Å². The number of benzene rings is 2. The third kappa shape index (κ3) is 2.13. The number of rotatable bonds is 4. The molecular formula is C14H14N7+. The van der Waals surface area contributed by atoms with E-state index >= 15 is 0 Å². The van der Waals surface area contributed by atoms with Gasteiger partial charge in [0.15, 0.2) is 13.3 Å². The van der Waals surface area contributed by atoms with Gasteiger partial charge in [0, 0.05) is 0 Å². The van der Waals surface area contributed by atoms with Crippen molar-refractivity contribution in [2.75, 3.05) is 0 Å². The molecule has 0 spiro atoms. The third-order valence-electron chi connectivity index (χ3n) is 3.44. The van der Waals surface area contributed by atoms with Crippen LogP contribution in [0.25, 0.3) is 22.1 Å². The van der Waals surface area contributed by atoms with E-state index in [9.17, 15) is 0 Å². The summed E-state index contributed by atoms with van der Waals surface area (Å²) in [6, 6.07) is 15.9. The van der Waals surface area contributed by atoms with Gasteiger partial charge in [0.05, 0.1) is 11.0 Å². The molecule has 2 aromatic carbocycles. The Balaban J connectivity index is 1.50. The van der Waals surface area contributed by atoms with Crippen molar-refractivity contribution in [1.29, 1.82) is 0 Å². The highest BCUT2D eigenvalue weighted by atomic mass is 15.5. The molecule has 0 aliphatic carbocycles. The molecule has 0 fully saturated rings. The van der Waals surface area contributed by atoms with Crippen molar-refractivity contribution in [3.05, 3.63) is 48.5 Å². The van der Waals surface area contributed by atoms with E-state index in [-0.39, 0.29) is 0 Å². The summed E-state index contributed by atoms with van der Waals surface area (Å²) in [4.78, 5) is 0. The number of fused-ring (bicyclic) bond motifs is 2. The smallest absolute Gasteiger partial charge is 0.175 e. The number of quaternary nitrogens is 1. The zero-order valence-electron chi connectivity index (χ0n) is 11.3. The fourth-order valence-corrected chi connectivity index (χ4v) is 2.41. The molecule has 0 amide bonds. The van der Waals surface area contributed by atoms with E-state index in [1.165, 1.54) is 0 Å². The van der Waals surface area contributed by atoms with Crippen LogP contribution in [0.1, 0.15) is 0 Å². The molecule has 4 rings (SSSR count). The third-order valence-corrected chi connectivity index (χ3v) is 3.44. The first-order valence-electron chi connectivity index (χ1n) is 6.80. The minimum absolute atomic E-state index is 0.689. The van der Waals surface area contributed by atoms with E-state index in [1.807, 2.05) is 57.9 Å². The largest absolute Gasteiger partial charge is 0.309 e. The summed E-state index contributed by atoms with van der Waals surface area (Å²) in [6.45, 7) is 1.38. The van der Waals surface area contributed by atoms with Crippen molar-refractivity contribution in [3.63, 3.8) is 0 Å². The second-order valence-corrected chi connectivity index (χ2v) is 4.81. The minimum Gasteiger partial charge on any atom is -0.309 e. The highest BCUT2D eigenvalue weighted by Gasteiger charge is 2.06. The molecule has 104 valence electrons. The number of aromatic nitrogens is 6. The zero-order valence-corrected chi connectivity index (χ0v) is 11.3. The number of hydrogen-bond acceptors (Lipinski definition) is 4. The lowest BCUT2D eigenvalue weighted by Gasteiger charge is -2.03. The van der Waals surface area contributed by atoms with Crippen molar-refractivity contribution < 1.29 is 5.32 Å². The van der Waals surface area contributed by atoms with E-state index in [4.69, 9.17) is 0 Å². The van der Waals surface area contributed by atoms with Crippen LogP contribution in [-0.2, 0) is 13.3 Å². The summed E-state index contributed by atoms with van der Waals surface area (Å²) in [6.07, 6.45) is 0. The van der Waals surface area contributed by atoms with Crippen LogP contribution < -0.4 is 5.32 Å². The van der Waals surface area contributed by atoms with Gasteiger partial charge in [-0.25, -0.2) is 0 Å². The molecular weight excluding hydrogens is 266 g/mol. The molecule has 7 heteroatoms. The topological polar surface area (TPSA) is 78.0 Å². The van der Waals surface area contributed by atoms with Gasteiger partial charge in [0.1, 0.15) is 11.0 Å². The predicted octanol–water partition coefficient (Wildman–Crippen LogP) is 0.355. The summed E-state index contributed by atoms with van der Waals surface area (Å²) < 4.78 is 3.77. The van der Waals surface area contributed by atoms with Crippen molar-refractivity contribution in [2.45, 2.75) is 13.3 Å².